The molecule has 1 fully saturated rings. The zero-order valence-corrected chi connectivity index (χ0v) is 14.9. The van der Waals surface area contributed by atoms with Crippen molar-refractivity contribution in [1.82, 2.24) is 15.1 Å². The smallest absolute Gasteiger partial charge is 0.317 e. The molecule has 1 N–H and O–H groups in total. The lowest BCUT2D eigenvalue weighted by molar-refractivity contribution is 0.187. The second kappa shape index (κ2) is 9.62. The van der Waals surface area contributed by atoms with E-state index in [1.54, 1.807) is 23.1 Å². The summed E-state index contributed by atoms with van der Waals surface area (Å²) in [5, 5.41) is 3.02. The molecule has 0 spiro atoms. The van der Waals surface area contributed by atoms with Gasteiger partial charge in [0.15, 0.2) is 0 Å². The van der Waals surface area contributed by atoms with Crippen molar-refractivity contribution in [3.05, 3.63) is 35.6 Å². The fourth-order valence-corrected chi connectivity index (χ4v) is 3.20. The molecule has 0 bridgehead atoms. The van der Waals surface area contributed by atoms with Gasteiger partial charge < -0.3 is 15.1 Å². The predicted octanol–water partition coefficient (Wildman–Crippen LogP) is 3.48. The van der Waals surface area contributed by atoms with Crippen molar-refractivity contribution in [2.24, 2.45) is 5.92 Å². The fourth-order valence-electron chi connectivity index (χ4n) is 3.20. The van der Waals surface area contributed by atoms with Gasteiger partial charge in [-0.05, 0) is 32.5 Å². The Labute approximate surface area is 145 Å². The Morgan fingerprint density at radius 1 is 1.21 bits per heavy atom. The van der Waals surface area contributed by atoms with Gasteiger partial charge in [-0.3, -0.25) is 0 Å². The van der Waals surface area contributed by atoms with Crippen LogP contribution in [-0.2, 0) is 6.54 Å². The Balaban J connectivity index is 1.88. The van der Waals surface area contributed by atoms with Crippen LogP contribution in [-0.4, -0.2) is 49.6 Å². The molecule has 1 aliphatic carbocycles. The highest BCUT2D eigenvalue weighted by molar-refractivity contribution is 5.74. The first kappa shape index (κ1) is 18.7. The van der Waals surface area contributed by atoms with Gasteiger partial charge in [0.05, 0.1) is 6.54 Å². The Kier molecular flexibility index (Phi) is 7.50. The molecular weight excluding hydrogens is 305 g/mol. The Bertz CT molecular complexity index is 515. The van der Waals surface area contributed by atoms with E-state index in [0.29, 0.717) is 25.2 Å². The normalized spacial score (nSPS) is 15.0. The number of benzene rings is 1. The lowest BCUT2D eigenvalue weighted by atomic mass is 10.0. The lowest BCUT2D eigenvalue weighted by Gasteiger charge is -2.25. The molecule has 0 radical (unpaired) electrons. The number of amides is 2. The van der Waals surface area contributed by atoms with E-state index in [0.717, 1.165) is 18.9 Å². The van der Waals surface area contributed by atoms with Gasteiger partial charge >= 0.3 is 6.03 Å². The minimum atomic E-state index is -0.258. The molecule has 0 unspecified atom stereocenters. The van der Waals surface area contributed by atoms with Crippen LogP contribution in [0, 0.1) is 11.7 Å². The molecule has 0 atom stereocenters. The number of carbonyl (C=O) groups excluding carboxylic acids is 1. The van der Waals surface area contributed by atoms with Crippen molar-refractivity contribution in [3.8, 4) is 0 Å². The van der Waals surface area contributed by atoms with Gasteiger partial charge in [-0.25, -0.2) is 9.18 Å². The minimum absolute atomic E-state index is 0.0990. The van der Waals surface area contributed by atoms with E-state index in [1.807, 2.05) is 19.0 Å². The molecule has 5 heteroatoms. The van der Waals surface area contributed by atoms with E-state index in [4.69, 9.17) is 0 Å². The first-order valence-electron chi connectivity index (χ1n) is 8.97. The van der Waals surface area contributed by atoms with E-state index >= 15 is 0 Å². The number of carbonyl (C=O) groups is 1. The topological polar surface area (TPSA) is 35.6 Å². The highest BCUT2D eigenvalue weighted by atomic mass is 19.1. The molecule has 1 aromatic carbocycles. The van der Waals surface area contributed by atoms with Crippen molar-refractivity contribution >= 4 is 6.03 Å². The summed E-state index contributed by atoms with van der Waals surface area (Å²) in [6.45, 7) is 2.34. The van der Waals surface area contributed by atoms with Gasteiger partial charge in [-0.1, -0.05) is 43.9 Å². The predicted molar refractivity (Wildman–Crippen MR) is 95.3 cm³/mol. The number of nitrogens with zero attached hydrogens (tertiary/aromatic N) is 2. The summed E-state index contributed by atoms with van der Waals surface area (Å²) in [7, 11) is 3.94. The van der Waals surface area contributed by atoms with Gasteiger partial charge in [0.2, 0.25) is 0 Å². The number of nitrogens with one attached hydrogen (secondary N) is 1. The average molecular weight is 335 g/mol. The minimum Gasteiger partial charge on any atom is -0.338 e. The van der Waals surface area contributed by atoms with Crippen LogP contribution in [0.5, 0.6) is 0 Å². The summed E-state index contributed by atoms with van der Waals surface area (Å²) in [5.74, 6) is 0.498. The van der Waals surface area contributed by atoms with Crippen molar-refractivity contribution < 1.29 is 9.18 Å². The van der Waals surface area contributed by atoms with Gasteiger partial charge in [-0.15, -0.1) is 0 Å². The number of urea groups is 1. The van der Waals surface area contributed by atoms with Crippen LogP contribution < -0.4 is 5.32 Å². The Morgan fingerprint density at radius 2 is 1.92 bits per heavy atom. The van der Waals surface area contributed by atoms with Gasteiger partial charge in [-0.2, -0.15) is 0 Å². The average Bonchev–Trinajstić information content (AvgIpc) is 3.06. The number of hydrogen-bond donors (Lipinski definition) is 1. The summed E-state index contributed by atoms with van der Waals surface area (Å²) < 4.78 is 13.9. The third-order valence-corrected chi connectivity index (χ3v) is 4.73. The van der Waals surface area contributed by atoms with Gasteiger partial charge in [0.25, 0.3) is 0 Å². The number of halogens is 1. The zero-order valence-electron chi connectivity index (χ0n) is 14.9. The van der Waals surface area contributed by atoms with E-state index in [9.17, 15) is 9.18 Å². The zero-order chi connectivity index (χ0) is 17.4. The molecule has 0 heterocycles. The standard InChI is InChI=1S/C19H30FN3O/c1-22(2)13-14-23(15-17-9-5-6-10-18(17)20)19(24)21-12-11-16-7-3-4-8-16/h5-6,9-10,16H,3-4,7-8,11-15H2,1-2H3,(H,21,24). The van der Waals surface area contributed by atoms with Crippen LogP contribution in [0.1, 0.15) is 37.7 Å². The molecular formula is C19H30FN3O. The molecule has 4 nitrogen and oxygen atoms in total. The molecule has 0 aliphatic heterocycles. The van der Waals surface area contributed by atoms with Crippen molar-refractivity contribution in [2.75, 3.05) is 33.7 Å². The van der Waals surface area contributed by atoms with E-state index in [-0.39, 0.29) is 11.8 Å². The van der Waals surface area contributed by atoms with Crippen molar-refractivity contribution in [2.45, 2.75) is 38.6 Å². The number of rotatable bonds is 8. The van der Waals surface area contributed by atoms with Crippen molar-refractivity contribution in [3.63, 3.8) is 0 Å². The molecule has 1 saturated carbocycles. The lowest BCUT2D eigenvalue weighted by Crippen LogP contribution is -2.43. The van der Waals surface area contributed by atoms with Gasteiger partial charge in [0.1, 0.15) is 5.82 Å². The number of likely N-dealkylation sites (N-methyl/N-ethyl adjacent to an activating group) is 1. The fraction of sp³-hybridized carbons (Fsp3) is 0.632. The summed E-state index contributed by atoms with van der Waals surface area (Å²) >= 11 is 0. The molecule has 24 heavy (non-hydrogen) atoms. The quantitative estimate of drug-likeness (QED) is 0.789. The molecule has 2 rings (SSSR count). The van der Waals surface area contributed by atoms with E-state index in [1.165, 1.54) is 31.7 Å². The highest BCUT2D eigenvalue weighted by Gasteiger charge is 2.18. The van der Waals surface area contributed by atoms with Crippen molar-refractivity contribution in [1.29, 1.82) is 0 Å². The maximum absolute atomic E-state index is 13.9. The summed E-state index contributed by atoms with van der Waals surface area (Å²) in [4.78, 5) is 16.2. The van der Waals surface area contributed by atoms with Crippen LogP contribution in [0.3, 0.4) is 0 Å². The molecule has 0 saturated heterocycles. The molecule has 1 aliphatic rings. The SMILES string of the molecule is CN(C)CCN(Cc1ccccc1F)C(=O)NCCC1CCCC1. The third kappa shape index (κ3) is 6.11. The van der Waals surface area contributed by atoms with Crippen LogP contribution in [0.2, 0.25) is 0 Å². The summed E-state index contributed by atoms with van der Waals surface area (Å²) in [6.07, 6.45) is 6.26. The van der Waals surface area contributed by atoms with Crippen LogP contribution in [0.4, 0.5) is 9.18 Å². The highest BCUT2D eigenvalue weighted by Crippen LogP contribution is 2.26. The van der Waals surface area contributed by atoms with E-state index < -0.39 is 0 Å². The first-order chi connectivity index (χ1) is 11.6. The molecule has 1 aromatic rings. The van der Waals surface area contributed by atoms with Crippen LogP contribution >= 0.6 is 0 Å². The number of hydrogen-bond acceptors (Lipinski definition) is 2. The van der Waals surface area contributed by atoms with E-state index in [2.05, 4.69) is 5.32 Å². The van der Waals surface area contributed by atoms with Crippen LogP contribution in [0.15, 0.2) is 24.3 Å². The second-order valence-electron chi connectivity index (χ2n) is 6.99. The molecule has 134 valence electrons. The third-order valence-electron chi connectivity index (χ3n) is 4.73. The van der Waals surface area contributed by atoms with Gasteiger partial charge in [0, 0.05) is 25.2 Å². The first-order valence-corrected chi connectivity index (χ1v) is 8.97. The maximum Gasteiger partial charge on any atom is 0.317 e. The summed E-state index contributed by atoms with van der Waals surface area (Å²) in [5.41, 5.74) is 0.558. The monoisotopic (exact) mass is 335 g/mol. The largest absolute Gasteiger partial charge is 0.338 e. The maximum atomic E-state index is 13.9. The molecule has 0 aromatic heterocycles. The second-order valence-corrected chi connectivity index (χ2v) is 6.99. The van der Waals surface area contributed by atoms with Crippen LogP contribution in [0.25, 0.3) is 0 Å². The Morgan fingerprint density at radius 3 is 2.58 bits per heavy atom. The molecule has 2 amide bonds. The summed E-state index contributed by atoms with van der Waals surface area (Å²) in [6, 6.07) is 6.56. The Hall–Kier alpha value is -1.62.